The molecule has 0 saturated carbocycles. The SMILES string of the molecule is O=C(NCc1cc2c(s1)CCC2)c1ccc(I)cc1. The van der Waals surface area contributed by atoms with E-state index in [0.717, 1.165) is 9.13 Å². The minimum absolute atomic E-state index is 0.00459. The normalized spacial score (nSPS) is 13.3. The summed E-state index contributed by atoms with van der Waals surface area (Å²) >= 11 is 4.08. The molecule has 0 unspecified atom stereocenters. The predicted molar refractivity (Wildman–Crippen MR) is 86.7 cm³/mol. The van der Waals surface area contributed by atoms with Crippen LogP contribution < -0.4 is 5.32 Å². The Morgan fingerprint density at radius 2 is 2.05 bits per heavy atom. The monoisotopic (exact) mass is 383 g/mol. The Hall–Kier alpha value is -0.880. The average Bonchev–Trinajstić information content (AvgIpc) is 2.97. The minimum Gasteiger partial charge on any atom is -0.347 e. The molecule has 4 heteroatoms. The number of carbonyl (C=O) groups is 1. The van der Waals surface area contributed by atoms with E-state index in [9.17, 15) is 4.79 Å². The van der Waals surface area contributed by atoms with E-state index in [1.54, 1.807) is 0 Å². The van der Waals surface area contributed by atoms with Crippen molar-refractivity contribution in [2.75, 3.05) is 0 Å². The lowest BCUT2D eigenvalue weighted by molar-refractivity contribution is 0.0951. The summed E-state index contributed by atoms with van der Waals surface area (Å²) < 4.78 is 1.14. The molecule has 1 aliphatic rings. The Balaban J connectivity index is 1.62. The van der Waals surface area contributed by atoms with Crippen LogP contribution in [0.4, 0.5) is 0 Å². The van der Waals surface area contributed by atoms with Crippen LogP contribution in [-0.2, 0) is 19.4 Å². The first-order valence-electron chi connectivity index (χ1n) is 6.36. The number of thiophene rings is 1. The topological polar surface area (TPSA) is 29.1 Å². The van der Waals surface area contributed by atoms with Crippen LogP contribution in [0.15, 0.2) is 30.3 Å². The van der Waals surface area contributed by atoms with Crippen LogP contribution in [0.1, 0.15) is 32.1 Å². The molecule has 98 valence electrons. The van der Waals surface area contributed by atoms with Gasteiger partial charge in [0.15, 0.2) is 0 Å². The molecule has 0 fully saturated rings. The second kappa shape index (κ2) is 5.63. The van der Waals surface area contributed by atoms with Crippen molar-refractivity contribution in [3.63, 3.8) is 0 Å². The molecule has 0 spiro atoms. The van der Waals surface area contributed by atoms with Crippen LogP contribution in [0.3, 0.4) is 0 Å². The van der Waals surface area contributed by atoms with Gasteiger partial charge in [-0.1, -0.05) is 0 Å². The molecule has 0 atom stereocenters. The molecular formula is C15H14INOS. The number of halogens is 1. The maximum atomic E-state index is 12.0. The molecule has 2 aromatic rings. The first-order chi connectivity index (χ1) is 9.22. The fourth-order valence-corrected chi connectivity index (χ4v) is 3.91. The maximum Gasteiger partial charge on any atom is 0.251 e. The third kappa shape index (κ3) is 3.00. The van der Waals surface area contributed by atoms with Crippen LogP contribution in [0.25, 0.3) is 0 Å². The van der Waals surface area contributed by atoms with E-state index in [2.05, 4.69) is 34.0 Å². The lowest BCUT2D eigenvalue weighted by Gasteiger charge is -2.03. The second-order valence-electron chi connectivity index (χ2n) is 4.70. The Kier molecular flexibility index (Phi) is 3.88. The van der Waals surface area contributed by atoms with Gasteiger partial charge in [0.2, 0.25) is 0 Å². The van der Waals surface area contributed by atoms with Crippen LogP contribution >= 0.6 is 33.9 Å². The van der Waals surface area contributed by atoms with Gasteiger partial charge in [-0.15, -0.1) is 11.3 Å². The number of fused-ring (bicyclic) bond motifs is 1. The van der Waals surface area contributed by atoms with E-state index in [-0.39, 0.29) is 5.91 Å². The summed E-state index contributed by atoms with van der Waals surface area (Å²) in [5.41, 5.74) is 2.22. The average molecular weight is 383 g/mol. The summed E-state index contributed by atoms with van der Waals surface area (Å²) in [6.45, 7) is 0.641. The summed E-state index contributed by atoms with van der Waals surface area (Å²) in [5.74, 6) is 0.00459. The highest BCUT2D eigenvalue weighted by Crippen LogP contribution is 2.30. The van der Waals surface area contributed by atoms with Gasteiger partial charge in [0.1, 0.15) is 0 Å². The summed E-state index contributed by atoms with van der Waals surface area (Å²) in [4.78, 5) is 14.8. The van der Waals surface area contributed by atoms with Gasteiger partial charge in [-0.2, -0.15) is 0 Å². The van der Waals surface area contributed by atoms with Gasteiger partial charge in [-0.3, -0.25) is 4.79 Å². The van der Waals surface area contributed by atoms with Crippen molar-refractivity contribution in [1.29, 1.82) is 0 Å². The Labute approximate surface area is 130 Å². The first kappa shape index (κ1) is 13.1. The van der Waals surface area contributed by atoms with Crippen LogP contribution in [0, 0.1) is 3.57 Å². The van der Waals surface area contributed by atoms with Crippen molar-refractivity contribution >= 4 is 39.8 Å². The smallest absolute Gasteiger partial charge is 0.251 e. The van der Waals surface area contributed by atoms with Crippen molar-refractivity contribution in [1.82, 2.24) is 5.32 Å². The number of rotatable bonds is 3. The Morgan fingerprint density at radius 1 is 1.26 bits per heavy atom. The van der Waals surface area contributed by atoms with Gasteiger partial charge in [-0.05, 0) is 77.7 Å². The van der Waals surface area contributed by atoms with Crippen molar-refractivity contribution in [3.8, 4) is 0 Å². The van der Waals surface area contributed by atoms with Crippen LogP contribution in [0.5, 0.6) is 0 Å². The molecule has 0 saturated heterocycles. The fraction of sp³-hybridized carbons (Fsp3) is 0.267. The zero-order chi connectivity index (χ0) is 13.2. The highest BCUT2D eigenvalue weighted by molar-refractivity contribution is 14.1. The molecule has 0 aliphatic heterocycles. The Bertz CT molecular complexity index is 582. The van der Waals surface area contributed by atoms with E-state index in [0.29, 0.717) is 6.54 Å². The number of amides is 1. The third-order valence-electron chi connectivity index (χ3n) is 3.33. The van der Waals surface area contributed by atoms with E-state index < -0.39 is 0 Å². The van der Waals surface area contributed by atoms with E-state index in [1.807, 2.05) is 35.6 Å². The maximum absolute atomic E-state index is 12.0. The predicted octanol–water partition coefficient (Wildman–Crippen LogP) is 3.77. The van der Waals surface area contributed by atoms with E-state index >= 15 is 0 Å². The van der Waals surface area contributed by atoms with Gasteiger partial charge in [0.05, 0.1) is 6.54 Å². The number of nitrogens with one attached hydrogen (secondary N) is 1. The van der Waals surface area contributed by atoms with Gasteiger partial charge in [-0.25, -0.2) is 0 Å². The number of hydrogen-bond acceptors (Lipinski definition) is 2. The van der Waals surface area contributed by atoms with Gasteiger partial charge in [0.25, 0.3) is 5.91 Å². The second-order valence-corrected chi connectivity index (χ2v) is 7.17. The molecule has 1 aromatic carbocycles. The third-order valence-corrected chi connectivity index (χ3v) is 5.28. The van der Waals surface area contributed by atoms with Crippen molar-refractivity contribution in [3.05, 3.63) is 54.8 Å². The molecule has 3 rings (SSSR count). The van der Waals surface area contributed by atoms with Crippen LogP contribution in [0.2, 0.25) is 0 Å². The highest BCUT2D eigenvalue weighted by Gasteiger charge is 2.15. The highest BCUT2D eigenvalue weighted by atomic mass is 127. The fourth-order valence-electron chi connectivity index (χ4n) is 2.35. The molecule has 19 heavy (non-hydrogen) atoms. The molecule has 1 aromatic heterocycles. The number of carbonyl (C=O) groups excluding carboxylic acids is 1. The van der Waals surface area contributed by atoms with E-state index in [4.69, 9.17) is 0 Å². The van der Waals surface area contributed by atoms with E-state index in [1.165, 1.54) is 34.6 Å². The molecule has 1 amide bonds. The quantitative estimate of drug-likeness (QED) is 0.804. The summed E-state index contributed by atoms with van der Waals surface area (Å²) in [6.07, 6.45) is 3.71. The zero-order valence-electron chi connectivity index (χ0n) is 10.4. The first-order valence-corrected chi connectivity index (χ1v) is 8.26. The molecular weight excluding hydrogens is 369 g/mol. The summed E-state index contributed by atoms with van der Waals surface area (Å²) in [7, 11) is 0. The van der Waals surface area contributed by atoms with Gasteiger partial charge >= 0.3 is 0 Å². The molecule has 0 radical (unpaired) electrons. The molecule has 1 N–H and O–H groups in total. The minimum atomic E-state index is 0.00459. The van der Waals surface area contributed by atoms with Gasteiger partial charge in [0, 0.05) is 18.9 Å². The molecule has 1 heterocycles. The summed E-state index contributed by atoms with van der Waals surface area (Å²) in [6, 6.07) is 9.89. The van der Waals surface area contributed by atoms with Crippen molar-refractivity contribution in [2.24, 2.45) is 0 Å². The lowest BCUT2D eigenvalue weighted by Crippen LogP contribution is -2.22. The molecule has 1 aliphatic carbocycles. The Morgan fingerprint density at radius 3 is 2.79 bits per heavy atom. The van der Waals surface area contributed by atoms with Crippen LogP contribution in [-0.4, -0.2) is 5.91 Å². The number of aryl methyl sites for hydroxylation is 2. The zero-order valence-corrected chi connectivity index (χ0v) is 13.4. The van der Waals surface area contributed by atoms with Gasteiger partial charge < -0.3 is 5.32 Å². The largest absolute Gasteiger partial charge is 0.347 e. The number of hydrogen-bond donors (Lipinski definition) is 1. The number of benzene rings is 1. The molecule has 0 bridgehead atoms. The summed E-state index contributed by atoms with van der Waals surface area (Å²) in [5, 5.41) is 2.99. The van der Waals surface area contributed by atoms with Crippen molar-refractivity contribution < 1.29 is 4.79 Å². The molecule has 2 nitrogen and oxygen atoms in total. The van der Waals surface area contributed by atoms with Crippen molar-refractivity contribution in [2.45, 2.75) is 25.8 Å². The lowest BCUT2D eigenvalue weighted by atomic mass is 10.2. The standard InChI is InChI=1S/C15H14INOS/c16-12-6-4-10(5-7-12)15(18)17-9-13-8-11-2-1-3-14(11)19-13/h4-8H,1-3,9H2,(H,17,18).